The molecule has 2 atom stereocenters. The number of hydrogen-bond acceptors (Lipinski definition) is 4. The van der Waals surface area contributed by atoms with E-state index in [0.29, 0.717) is 0 Å². The molecule has 2 rings (SSSR count). The van der Waals surface area contributed by atoms with Crippen LogP contribution in [-0.4, -0.2) is 43.3 Å². The van der Waals surface area contributed by atoms with Crippen LogP contribution in [0.1, 0.15) is 13.8 Å². The molecule has 1 amide bonds. The van der Waals surface area contributed by atoms with Gasteiger partial charge in [0.25, 0.3) is 5.91 Å². The largest absolute Gasteiger partial charge is 0.467 e. The molecule has 0 aliphatic carbocycles. The Morgan fingerprint density at radius 3 is 2.56 bits per heavy atom. The molecule has 2 saturated heterocycles. The molecule has 0 aromatic carbocycles. The van der Waals surface area contributed by atoms with Crippen molar-refractivity contribution in [3.05, 3.63) is 0 Å². The van der Waals surface area contributed by atoms with Crippen LogP contribution in [0, 0.1) is 0 Å². The van der Waals surface area contributed by atoms with Crippen LogP contribution < -0.4 is 0 Å². The Bertz CT molecular complexity index is 372. The Kier molecular flexibility index (Phi) is 2.87. The molecule has 0 bridgehead atoms. The van der Waals surface area contributed by atoms with Crippen LogP contribution in [0.3, 0.4) is 0 Å². The number of esters is 1. The zero-order valence-corrected chi connectivity index (χ0v) is 13.0. The van der Waals surface area contributed by atoms with Crippen molar-refractivity contribution in [1.29, 1.82) is 0 Å². The molecule has 2 heterocycles. The zero-order valence-electron chi connectivity index (χ0n) is 8.99. The van der Waals surface area contributed by atoms with Gasteiger partial charge >= 0.3 is 5.97 Å². The van der Waals surface area contributed by atoms with Gasteiger partial charge in [-0.3, -0.25) is 4.79 Å². The second-order valence-corrected chi connectivity index (χ2v) is 9.63. The molecule has 0 unspecified atom stereocenters. The monoisotopic (exact) mass is 371 g/mol. The van der Waals surface area contributed by atoms with E-state index in [2.05, 4.69) is 31.9 Å². The average molecular weight is 373 g/mol. The van der Waals surface area contributed by atoms with Crippen molar-refractivity contribution in [2.45, 2.75) is 33.2 Å². The third-order valence-electron chi connectivity index (χ3n) is 2.86. The molecule has 2 fully saturated rings. The number of methoxy groups -OCH3 is 1. The number of amides is 1. The predicted molar refractivity (Wildman–Crippen MR) is 68.7 cm³/mol. The van der Waals surface area contributed by atoms with Crippen molar-refractivity contribution in [3.63, 3.8) is 0 Å². The first-order chi connectivity index (χ1) is 7.23. The number of halogens is 2. The molecule has 2 aliphatic heterocycles. The fourth-order valence-electron chi connectivity index (χ4n) is 2.07. The summed E-state index contributed by atoms with van der Waals surface area (Å²) in [7, 11) is 1.34. The molecular weight excluding hydrogens is 362 g/mol. The number of nitrogens with zero attached hydrogens (tertiary/aromatic N) is 1. The highest BCUT2D eigenvalue weighted by molar-refractivity contribution is 9.26. The van der Waals surface area contributed by atoms with Gasteiger partial charge in [0.05, 0.1) is 7.11 Å². The molecular formula is C9H11Br2NO3S. The van der Waals surface area contributed by atoms with Gasteiger partial charge in [-0.25, -0.2) is 4.79 Å². The van der Waals surface area contributed by atoms with Crippen molar-refractivity contribution in [3.8, 4) is 0 Å². The van der Waals surface area contributed by atoms with Crippen molar-refractivity contribution in [1.82, 2.24) is 4.90 Å². The Balaban J connectivity index is 2.34. The molecule has 7 heteroatoms. The average Bonchev–Trinajstić information content (AvgIpc) is 2.47. The van der Waals surface area contributed by atoms with Gasteiger partial charge in [-0.15, -0.1) is 11.8 Å². The number of hydrogen-bond donors (Lipinski definition) is 0. The van der Waals surface area contributed by atoms with Crippen LogP contribution >= 0.6 is 43.6 Å². The SMILES string of the molecule is COC(=O)[C@@H]1N2C(=O)C(Br)(Br)[C@H]2SC1(C)C. The number of ether oxygens (including phenoxy) is 1. The maximum Gasteiger partial charge on any atom is 0.330 e. The van der Waals surface area contributed by atoms with Gasteiger partial charge < -0.3 is 9.64 Å². The van der Waals surface area contributed by atoms with E-state index in [1.54, 1.807) is 16.7 Å². The standard InChI is InChI=1S/C9H11Br2NO3S/c1-8(2)4(5(13)15-3)12-6(14)9(10,11)7(12)16-8/h4,7H,1-3H3/t4-,7+/m0/s1. The van der Waals surface area contributed by atoms with E-state index >= 15 is 0 Å². The minimum Gasteiger partial charge on any atom is -0.467 e. The first kappa shape index (κ1) is 12.7. The summed E-state index contributed by atoms with van der Waals surface area (Å²) >= 11 is 8.27. The minimum absolute atomic E-state index is 0.0703. The van der Waals surface area contributed by atoms with Gasteiger partial charge in [0, 0.05) is 4.75 Å². The number of carbonyl (C=O) groups excluding carboxylic acids is 2. The molecule has 0 radical (unpaired) electrons. The van der Waals surface area contributed by atoms with Gasteiger partial charge in [-0.1, -0.05) is 31.9 Å². The lowest BCUT2D eigenvalue weighted by atomic mass is 9.98. The van der Waals surface area contributed by atoms with Crippen LogP contribution in [-0.2, 0) is 14.3 Å². The molecule has 0 saturated carbocycles. The van der Waals surface area contributed by atoms with Crippen LogP contribution in [0.25, 0.3) is 0 Å². The molecule has 16 heavy (non-hydrogen) atoms. The molecule has 90 valence electrons. The molecule has 2 aliphatic rings. The summed E-state index contributed by atoms with van der Waals surface area (Å²) in [5.74, 6) is -0.477. The van der Waals surface area contributed by atoms with Crippen LogP contribution in [0.2, 0.25) is 0 Å². The topological polar surface area (TPSA) is 46.6 Å². The Hall–Kier alpha value is 0.250. The number of thioether (sulfide) groups is 1. The number of fused-ring (bicyclic) bond motifs is 1. The highest BCUT2D eigenvalue weighted by atomic mass is 79.9. The lowest BCUT2D eigenvalue weighted by Crippen LogP contribution is -2.68. The minimum atomic E-state index is -0.731. The number of rotatable bonds is 1. The van der Waals surface area contributed by atoms with Gasteiger partial charge in [-0.05, 0) is 13.8 Å². The highest BCUT2D eigenvalue weighted by Crippen LogP contribution is 2.60. The summed E-state index contributed by atoms with van der Waals surface area (Å²) in [5.41, 5.74) is 0. The van der Waals surface area contributed by atoms with Crippen molar-refractivity contribution in [2.24, 2.45) is 0 Å². The first-order valence-electron chi connectivity index (χ1n) is 4.69. The van der Waals surface area contributed by atoms with Crippen molar-refractivity contribution < 1.29 is 14.3 Å². The Morgan fingerprint density at radius 1 is 1.50 bits per heavy atom. The fourth-order valence-corrected chi connectivity index (χ4v) is 4.98. The van der Waals surface area contributed by atoms with Crippen molar-refractivity contribution in [2.75, 3.05) is 7.11 Å². The maximum absolute atomic E-state index is 11.9. The van der Waals surface area contributed by atoms with Crippen LogP contribution in [0.15, 0.2) is 0 Å². The second kappa shape index (κ2) is 3.62. The Morgan fingerprint density at radius 2 is 2.06 bits per heavy atom. The third-order valence-corrected chi connectivity index (χ3v) is 6.65. The number of alkyl halides is 2. The van der Waals surface area contributed by atoms with E-state index < -0.39 is 9.28 Å². The van der Waals surface area contributed by atoms with E-state index in [4.69, 9.17) is 4.74 Å². The van der Waals surface area contributed by atoms with E-state index in [1.165, 1.54) is 7.11 Å². The third kappa shape index (κ3) is 1.47. The smallest absolute Gasteiger partial charge is 0.330 e. The molecule has 0 aromatic rings. The Labute approximate surface area is 115 Å². The number of β-lactam (4-membered cyclic amide) rings is 1. The highest BCUT2D eigenvalue weighted by Gasteiger charge is 2.70. The predicted octanol–water partition coefficient (Wildman–Crippen LogP) is 1.71. The summed E-state index contributed by atoms with van der Waals surface area (Å²) in [5, 5.41) is -0.0703. The zero-order chi connectivity index (χ0) is 12.3. The maximum atomic E-state index is 11.9. The summed E-state index contributed by atoms with van der Waals surface area (Å²) in [6, 6.07) is -0.511. The molecule has 0 spiro atoms. The normalized spacial score (nSPS) is 34.3. The van der Waals surface area contributed by atoms with E-state index in [1.807, 2.05) is 13.8 Å². The van der Waals surface area contributed by atoms with Gasteiger partial charge in [0.2, 0.25) is 0 Å². The van der Waals surface area contributed by atoms with Gasteiger partial charge in [0.15, 0.2) is 3.23 Å². The van der Waals surface area contributed by atoms with E-state index in [0.717, 1.165) is 0 Å². The summed E-state index contributed by atoms with van der Waals surface area (Å²) in [4.78, 5) is 25.2. The quantitative estimate of drug-likeness (QED) is 0.399. The van der Waals surface area contributed by atoms with Gasteiger partial charge in [0.1, 0.15) is 11.4 Å². The second-order valence-electron chi connectivity index (χ2n) is 4.33. The van der Waals surface area contributed by atoms with E-state index in [-0.39, 0.29) is 22.0 Å². The lowest BCUT2D eigenvalue weighted by Gasteiger charge is -2.46. The number of carbonyl (C=O) groups is 2. The first-order valence-corrected chi connectivity index (χ1v) is 7.16. The summed E-state index contributed by atoms with van der Waals surface area (Å²) in [6.07, 6.45) is 0. The molecule has 4 nitrogen and oxygen atoms in total. The lowest BCUT2D eigenvalue weighted by molar-refractivity contribution is -0.159. The summed E-state index contributed by atoms with van der Waals surface area (Å²) < 4.78 is 3.69. The van der Waals surface area contributed by atoms with Crippen LogP contribution in [0.5, 0.6) is 0 Å². The summed E-state index contributed by atoms with van der Waals surface area (Å²) in [6.45, 7) is 3.89. The van der Waals surface area contributed by atoms with E-state index in [9.17, 15) is 9.59 Å². The molecule has 0 N–H and O–H groups in total. The van der Waals surface area contributed by atoms with Crippen LogP contribution in [0.4, 0.5) is 0 Å². The molecule has 0 aromatic heterocycles. The fraction of sp³-hybridized carbons (Fsp3) is 0.778. The van der Waals surface area contributed by atoms with Gasteiger partial charge in [-0.2, -0.15) is 0 Å². The van der Waals surface area contributed by atoms with Crippen molar-refractivity contribution >= 4 is 55.5 Å².